The molecule has 0 radical (unpaired) electrons. The molecule has 6 heteroatoms. The standard InChI is InChI=1S/C23H28N2O4/c1-16(26)19-12-11-18-20(24-19)7-4-8-21(18)25(14-5-10-23(28)29)15-13-17-6-2-3-9-22(17)27/h2-3,6,9,11-12,21,27H,4-5,7-8,10,13-15H2,1H3,(H,28,29). The molecule has 1 aliphatic rings. The number of para-hydroxylation sites is 1. The van der Waals surface area contributed by atoms with Gasteiger partial charge in [-0.3, -0.25) is 14.5 Å². The summed E-state index contributed by atoms with van der Waals surface area (Å²) in [6, 6.07) is 11.3. The van der Waals surface area contributed by atoms with E-state index in [1.54, 1.807) is 18.2 Å². The molecule has 0 amide bonds. The van der Waals surface area contributed by atoms with Gasteiger partial charge in [0.05, 0.1) is 0 Å². The molecule has 1 aliphatic carbocycles. The van der Waals surface area contributed by atoms with E-state index in [1.807, 2.05) is 18.2 Å². The average Bonchev–Trinajstić information content (AvgIpc) is 2.70. The molecule has 29 heavy (non-hydrogen) atoms. The van der Waals surface area contributed by atoms with Crippen LogP contribution in [0.5, 0.6) is 5.75 Å². The lowest BCUT2D eigenvalue weighted by Gasteiger charge is -2.35. The number of rotatable bonds is 9. The summed E-state index contributed by atoms with van der Waals surface area (Å²) >= 11 is 0. The van der Waals surface area contributed by atoms with Crippen LogP contribution in [0.3, 0.4) is 0 Å². The SMILES string of the molecule is CC(=O)c1ccc2c(n1)CCCC2N(CCCC(=O)O)CCc1ccccc1O. The second-order valence-electron chi connectivity index (χ2n) is 7.61. The summed E-state index contributed by atoms with van der Waals surface area (Å²) in [5.74, 6) is -0.537. The van der Waals surface area contributed by atoms with Gasteiger partial charge in [0.1, 0.15) is 11.4 Å². The highest BCUT2D eigenvalue weighted by molar-refractivity contribution is 5.92. The number of hydrogen-bond acceptors (Lipinski definition) is 5. The molecule has 154 valence electrons. The van der Waals surface area contributed by atoms with Gasteiger partial charge in [-0.1, -0.05) is 24.3 Å². The molecule has 2 aromatic rings. The lowest BCUT2D eigenvalue weighted by molar-refractivity contribution is -0.137. The summed E-state index contributed by atoms with van der Waals surface area (Å²) in [7, 11) is 0. The summed E-state index contributed by atoms with van der Waals surface area (Å²) in [5.41, 5.74) is 3.49. The quantitative estimate of drug-likeness (QED) is 0.627. The lowest BCUT2D eigenvalue weighted by Crippen LogP contribution is -2.34. The molecule has 1 heterocycles. The van der Waals surface area contributed by atoms with Gasteiger partial charge in [0.25, 0.3) is 0 Å². The number of phenols is 1. The van der Waals surface area contributed by atoms with E-state index in [1.165, 1.54) is 6.92 Å². The second-order valence-corrected chi connectivity index (χ2v) is 7.61. The highest BCUT2D eigenvalue weighted by atomic mass is 16.4. The summed E-state index contributed by atoms with van der Waals surface area (Å²) < 4.78 is 0. The van der Waals surface area contributed by atoms with Crippen molar-refractivity contribution in [2.24, 2.45) is 0 Å². The van der Waals surface area contributed by atoms with Gasteiger partial charge in [0.2, 0.25) is 0 Å². The molecular weight excluding hydrogens is 368 g/mol. The third-order valence-electron chi connectivity index (χ3n) is 5.56. The van der Waals surface area contributed by atoms with Crippen molar-refractivity contribution in [3.05, 3.63) is 58.9 Å². The van der Waals surface area contributed by atoms with Crippen molar-refractivity contribution in [1.82, 2.24) is 9.88 Å². The predicted octanol–water partition coefficient (Wildman–Crippen LogP) is 3.78. The Morgan fingerprint density at radius 2 is 1.97 bits per heavy atom. The van der Waals surface area contributed by atoms with E-state index in [4.69, 9.17) is 5.11 Å². The number of phenolic OH excluding ortho intramolecular Hbond substituents is 1. The molecule has 3 rings (SSSR count). The van der Waals surface area contributed by atoms with Crippen LogP contribution in [-0.2, 0) is 17.6 Å². The Labute approximate surface area is 171 Å². The molecule has 0 bridgehead atoms. The van der Waals surface area contributed by atoms with Crippen LogP contribution >= 0.6 is 0 Å². The van der Waals surface area contributed by atoms with Gasteiger partial charge in [0.15, 0.2) is 5.78 Å². The fraction of sp³-hybridized carbons (Fsp3) is 0.435. The Balaban J connectivity index is 1.81. The Morgan fingerprint density at radius 3 is 2.69 bits per heavy atom. The van der Waals surface area contributed by atoms with Gasteiger partial charge in [-0.25, -0.2) is 4.98 Å². The minimum absolute atomic E-state index is 0.0345. The number of hydrogen-bond donors (Lipinski definition) is 2. The summed E-state index contributed by atoms with van der Waals surface area (Å²) in [5, 5.41) is 19.1. The first-order valence-electron chi connectivity index (χ1n) is 10.2. The maximum atomic E-state index is 11.7. The largest absolute Gasteiger partial charge is 0.508 e. The van der Waals surface area contributed by atoms with E-state index in [0.717, 1.165) is 42.6 Å². The summed E-state index contributed by atoms with van der Waals surface area (Å²) in [4.78, 5) is 29.6. The zero-order valence-corrected chi connectivity index (χ0v) is 16.8. The molecule has 1 atom stereocenters. The molecule has 2 N–H and O–H groups in total. The molecule has 0 spiro atoms. The van der Waals surface area contributed by atoms with E-state index in [-0.39, 0.29) is 24.0 Å². The van der Waals surface area contributed by atoms with E-state index >= 15 is 0 Å². The molecular formula is C23H28N2O4. The first-order valence-corrected chi connectivity index (χ1v) is 10.2. The zero-order chi connectivity index (χ0) is 20.8. The number of nitrogens with zero attached hydrogens (tertiary/aromatic N) is 2. The van der Waals surface area contributed by atoms with Crippen LogP contribution in [0.15, 0.2) is 36.4 Å². The summed E-state index contributed by atoms with van der Waals surface area (Å²) in [6.07, 6.45) is 4.20. The van der Waals surface area contributed by atoms with Crippen LogP contribution in [0.2, 0.25) is 0 Å². The maximum Gasteiger partial charge on any atom is 0.303 e. The number of ketones is 1. The predicted molar refractivity (Wildman–Crippen MR) is 110 cm³/mol. The fourth-order valence-corrected chi connectivity index (χ4v) is 4.05. The zero-order valence-electron chi connectivity index (χ0n) is 16.8. The Kier molecular flexibility index (Phi) is 6.99. The van der Waals surface area contributed by atoms with E-state index in [2.05, 4.69) is 9.88 Å². The smallest absolute Gasteiger partial charge is 0.303 e. The highest BCUT2D eigenvalue weighted by Crippen LogP contribution is 2.34. The number of aryl methyl sites for hydroxylation is 1. The molecule has 1 unspecified atom stereocenters. The van der Waals surface area contributed by atoms with Crippen LogP contribution < -0.4 is 0 Å². The van der Waals surface area contributed by atoms with Crippen LogP contribution in [-0.4, -0.2) is 44.9 Å². The third kappa shape index (κ3) is 5.41. The number of Topliss-reactive ketones (excluding diaryl/α,β-unsaturated/α-hetero) is 1. The van der Waals surface area contributed by atoms with Crippen molar-refractivity contribution in [2.75, 3.05) is 13.1 Å². The van der Waals surface area contributed by atoms with Crippen molar-refractivity contribution in [3.8, 4) is 5.75 Å². The topological polar surface area (TPSA) is 90.7 Å². The maximum absolute atomic E-state index is 11.7. The van der Waals surface area contributed by atoms with Gasteiger partial charge in [-0.05, 0) is 61.9 Å². The summed E-state index contributed by atoms with van der Waals surface area (Å²) in [6.45, 7) is 2.91. The van der Waals surface area contributed by atoms with Crippen LogP contribution in [0.25, 0.3) is 0 Å². The van der Waals surface area contributed by atoms with Crippen LogP contribution in [0, 0.1) is 0 Å². The number of aliphatic carboxylic acids is 1. The van der Waals surface area contributed by atoms with Crippen molar-refractivity contribution < 1.29 is 19.8 Å². The molecule has 0 saturated carbocycles. The molecule has 0 aliphatic heterocycles. The average molecular weight is 396 g/mol. The first kappa shape index (κ1) is 21.0. The molecule has 1 aromatic heterocycles. The van der Waals surface area contributed by atoms with Crippen molar-refractivity contribution in [1.29, 1.82) is 0 Å². The number of aromatic hydroxyl groups is 1. The minimum Gasteiger partial charge on any atom is -0.508 e. The number of aromatic nitrogens is 1. The Morgan fingerprint density at radius 1 is 1.17 bits per heavy atom. The number of carbonyl (C=O) groups excluding carboxylic acids is 1. The van der Waals surface area contributed by atoms with Gasteiger partial charge < -0.3 is 10.2 Å². The van der Waals surface area contributed by atoms with Gasteiger partial charge in [0, 0.05) is 31.6 Å². The second kappa shape index (κ2) is 9.65. The third-order valence-corrected chi connectivity index (χ3v) is 5.56. The van der Waals surface area contributed by atoms with Gasteiger partial charge >= 0.3 is 5.97 Å². The van der Waals surface area contributed by atoms with Gasteiger partial charge in [-0.15, -0.1) is 0 Å². The number of carbonyl (C=O) groups is 2. The highest BCUT2D eigenvalue weighted by Gasteiger charge is 2.27. The number of fused-ring (bicyclic) bond motifs is 1. The van der Waals surface area contributed by atoms with Crippen molar-refractivity contribution in [2.45, 2.75) is 51.5 Å². The van der Waals surface area contributed by atoms with E-state index < -0.39 is 5.97 Å². The molecule has 6 nitrogen and oxygen atoms in total. The lowest BCUT2D eigenvalue weighted by atomic mass is 9.89. The van der Waals surface area contributed by atoms with Crippen molar-refractivity contribution >= 4 is 11.8 Å². The number of carboxylic acids is 1. The van der Waals surface area contributed by atoms with E-state index in [9.17, 15) is 14.7 Å². The molecule has 0 fully saturated rings. The van der Waals surface area contributed by atoms with E-state index in [0.29, 0.717) is 25.1 Å². The monoisotopic (exact) mass is 396 g/mol. The Hall–Kier alpha value is -2.73. The molecule has 1 aromatic carbocycles. The van der Waals surface area contributed by atoms with Crippen LogP contribution in [0.1, 0.15) is 66.0 Å². The minimum atomic E-state index is -0.789. The van der Waals surface area contributed by atoms with Crippen LogP contribution in [0.4, 0.5) is 0 Å². The fourth-order valence-electron chi connectivity index (χ4n) is 4.05. The van der Waals surface area contributed by atoms with Crippen molar-refractivity contribution in [3.63, 3.8) is 0 Å². The molecule has 0 saturated heterocycles. The first-order chi connectivity index (χ1) is 14.0. The normalized spacial score (nSPS) is 15.9. The Bertz CT molecular complexity index is 881. The number of carboxylic acid groups (broad SMARTS) is 1. The number of benzene rings is 1. The number of pyridine rings is 1. The van der Waals surface area contributed by atoms with Gasteiger partial charge in [-0.2, -0.15) is 0 Å².